The SMILES string of the molecule is C=CCCCCOC(=O)[C@H]1[C@H]2C(=O)N([C@H](CO)c3ccccc3)C(C(=O)N(CC=C)C(C)(C)C)C23CC(Br)[C@@H]1O3. The van der Waals surface area contributed by atoms with E-state index < -0.39 is 47.1 Å². The minimum atomic E-state index is -1.24. The second kappa shape index (κ2) is 12.2. The van der Waals surface area contributed by atoms with E-state index in [-0.39, 0.29) is 36.4 Å². The molecule has 3 heterocycles. The summed E-state index contributed by atoms with van der Waals surface area (Å²) in [6.07, 6.45) is 5.63. The van der Waals surface area contributed by atoms with Crippen LogP contribution in [0, 0.1) is 11.8 Å². The van der Waals surface area contributed by atoms with Crippen LogP contribution in [-0.4, -0.2) is 80.6 Å². The van der Waals surface area contributed by atoms with Crippen LogP contribution in [-0.2, 0) is 23.9 Å². The summed E-state index contributed by atoms with van der Waals surface area (Å²) in [5.41, 5.74) is -1.12. The maximum atomic E-state index is 14.6. The molecule has 2 bridgehead atoms. The largest absolute Gasteiger partial charge is 0.465 e. The molecule has 8 nitrogen and oxygen atoms in total. The van der Waals surface area contributed by atoms with Gasteiger partial charge in [-0.3, -0.25) is 14.4 Å². The van der Waals surface area contributed by atoms with Crippen LogP contribution in [0.2, 0.25) is 0 Å². The Labute approximate surface area is 245 Å². The van der Waals surface area contributed by atoms with Gasteiger partial charge in [0.15, 0.2) is 0 Å². The molecule has 0 aromatic heterocycles. The number of fused-ring (bicyclic) bond motifs is 1. The van der Waals surface area contributed by atoms with Gasteiger partial charge in [-0.05, 0) is 52.0 Å². The van der Waals surface area contributed by atoms with Crippen molar-refractivity contribution < 1.29 is 29.0 Å². The number of benzene rings is 1. The second-order valence-corrected chi connectivity index (χ2v) is 13.1. The average Bonchev–Trinajstić information content (AvgIpc) is 3.51. The fourth-order valence-electron chi connectivity index (χ4n) is 6.61. The van der Waals surface area contributed by atoms with Crippen LogP contribution in [0.5, 0.6) is 0 Å². The Kier molecular flexibility index (Phi) is 9.27. The third-order valence-electron chi connectivity index (χ3n) is 8.36. The molecule has 3 fully saturated rings. The predicted molar refractivity (Wildman–Crippen MR) is 155 cm³/mol. The molecule has 1 spiro atoms. The highest BCUT2D eigenvalue weighted by Crippen LogP contribution is 2.61. The molecule has 3 saturated heterocycles. The van der Waals surface area contributed by atoms with E-state index >= 15 is 0 Å². The zero-order valence-corrected chi connectivity index (χ0v) is 25.2. The molecule has 1 N–H and O–H groups in total. The van der Waals surface area contributed by atoms with Gasteiger partial charge in [0.25, 0.3) is 0 Å². The maximum Gasteiger partial charge on any atom is 0.312 e. The van der Waals surface area contributed by atoms with Crippen molar-refractivity contribution in [2.45, 2.75) is 80.6 Å². The second-order valence-electron chi connectivity index (χ2n) is 11.9. The quantitative estimate of drug-likeness (QED) is 0.164. The Hall–Kier alpha value is -2.49. The first-order valence-corrected chi connectivity index (χ1v) is 14.9. The number of hydrogen-bond donors (Lipinski definition) is 1. The number of nitrogens with zero attached hydrogens (tertiary/aromatic N) is 2. The van der Waals surface area contributed by atoms with Gasteiger partial charge in [0.1, 0.15) is 11.6 Å². The molecule has 0 aliphatic carbocycles. The monoisotopic (exact) mass is 616 g/mol. The molecule has 0 radical (unpaired) electrons. The van der Waals surface area contributed by atoms with Crippen LogP contribution in [0.4, 0.5) is 0 Å². The Bertz CT molecular complexity index is 1120. The molecule has 2 amide bonds. The first-order valence-electron chi connectivity index (χ1n) is 14.0. The molecule has 7 atom stereocenters. The standard InChI is InChI=1S/C31H41BrN2O6/c1-6-8-9-13-17-39-29(38)23-24-27(36)34(22(19-35)20-14-11-10-12-15-20)26(31(24)18-21(32)25(23)40-31)28(37)33(16-7-2)30(3,4)5/h6-7,10-12,14-15,21-26,35H,1-2,8-9,13,16-19H2,3-5H3/t21?,22-,23+,24+,25+,26?,31?/m1/s1. The summed E-state index contributed by atoms with van der Waals surface area (Å²) < 4.78 is 12.3. The van der Waals surface area contributed by atoms with Crippen LogP contribution in [0.3, 0.4) is 0 Å². The van der Waals surface area contributed by atoms with Crippen molar-refractivity contribution in [2.75, 3.05) is 19.8 Å². The minimum Gasteiger partial charge on any atom is -0.465 e. The first-order chi connectivity index (χ1) is 19.0. The van der Waals surface area contributed by atoms with Gasteiger partial charge < -0.3 is 24.4 Å². The van der Waals surface area contributed by atoms with Crippen LogP contribution in [0.25, 0.3) is 0 Å². The zero-order chi connectivity index (χ0) is 29.2. The number of aliphatic hydroxyl groups excluding tert-OH is 1. The number of rotatable bonds is 12. The molecular formula is C31H41BrN2O6. The van der Waals surface area contributed by atoms with Crippen LogP contribution in [0.15, 0.2) is 55.6 Å². The van der Waals surface area contributed by atoms with Crippen molar-refractivity contribution in [3.63, 3.8) is 0 Å². The Morgan fingerprint density at radius 3 is 2.55 bits per heavy atom. The van der Waals surface area contributed by atoms with Crippen molar-refractivity contribution in [3.05, 3.63) is 61.2 Å². The van der Waals surface area contributed by atoms with E-state index in [0.29, 0.717) is 18.4 Å². The molecule has 1 aromatic carbocycles. The van der Waals surface area contributed by atoms with Gasteiger partial charge in [-0.25, -0.2) is 0 Å². The Morgan fingerprint density at radius 1 is 1.25 bits per heavy atom. The molecule has 218 valence electrons. The van der Waals surface area contributed by atoms with E-state index in [1.54, 1.807) is 11.0 Å². The van der Waals surface area contributed by atoms with Gasteiger partial charge in [0.05, 0.1) is 37.2 Å². The number of esters is 1. The number of halogens is 1. The number of carbonyl (C=O) groups excluding carboxylic acids is 3. The highest BCUT2D eigenvalue weighted by Gasteiger charge is 2.77. The van der Waals surface area contributed by atoms with E-state index in [9.17, 15) is 19.5 Å². The van der Waals surface area contributed by atoms with Gasteiger partial charge in [-0.15, -0.1) is 13.2 Å². The normalized spacial score (nSPS) is 29.7. The van der Waals surface area contributed by atoms with Crippen molar-refractivity contribution in [3.8, 4) is 0 Å². The van der Waals surface area contributed by atoms with Crippen molar-refractivity contribution in [1.29, 1.82) is 0 Å². The number of allylic oxidation sites excluding steroid dienone is 1. The smallest absolute Gasteiger partial charge is 0.312 e. The van der Waals surface area contributed by atoms with E-state index in [1.807, 2.05) is 57.2 Å². The lowest BCUT2D eigenvalue weighted by Crippen LogP contribution is -2.60. The van der Waals surface area contributed by atoms with Gasteiger partial charge in [0.2, 0.25) is 11.8 Å². The Balaban J connectivity index is 1.78. The lowest BCUT2D eigenvalue weighted by Gasteiger charge is -2.43. The first kappa shape index (κ1) is 30.5. The molecule has 4 rings (SSSR count). The lowest BCUT2D eigenvalue weighted by atomic mass is 9.70. The number of hydrogen-bond acceptors (Lipinski definition) is 6. The number of carbonyl (C=O) groups is 3. The van der Waals surface area contributed by atoms with Crippen molar-refractivity contribution in [2.24, 2.45) is 11.8 Å². The summed E-state index contributed by atoms with van der Waals surface area (Å²) in [4.78, 5) is 45.4. The molecule has 0 saturated carbocycles. The van der Waals surface area contributed by atoms with Crippen molar-refractivity contribution >= 4 is 33.7 Å². The van der Waals surface area contributed by atoms with Crippen LogP contribution < -0.4 is 0 Å². The number of alkyl halides is 1. The summed E-state index contributed by atoms with van der Waals surface area (Å²) in [6.45, 7) is 13.5. The van der Waals surface area contributed by atoms with E-state index in [2.05, 4.69) is 29.1 Å². The average molecular weight is 618 g/mol. The predicted octanol–water partition coefficient (Wildman–Crippen LogP) is 4.18. The topological polar surface area (TPSA) is 96.4 Å². The molecule has 3 aliphatic heterocycles. The van der Waals surface area contributed by atoms with Gasteiger partial charge in [-0.2, -0.15) is 0 Å². The van der Waals surface area contributed by atoms with Crippen LogP contribution in [0.1, 0.15) is 58.1 Å². The van der Waals surface area contributed by atoms with E-state index in [1.165, 1.54) is 4.90 Å². The summed E-state index contributed by atoms with van der Waals surface area (Å²) in [7, 11) is 0. The summed E-state index contributed by atoms with van der Waals surface area (Å²) in [6, 6.07) is 7.33. The summed E-state index contributed by atoms with van der Waals surface area (Å²) in [5, 5.41) is 10.6. The number of amides is 2. The third-order valence-corrected chi connectivity index (χ3v) is 9.21. The highest BCUT2D eigenvalue weighted by molar-refractivity contribution is 9.09. The van der Waals surface area contributed by atoms with Gasteiger partial charge >= 0.3 is 5.97 Å². The summed E-state index contributed by atoms with van der Waals surface area (Å²) in [5.74, 6) is -2.91. The van der Waals surface area contributed by atoms with E-state index in [0.717, 1.165) is 12.8 Å². The minimum absolute atomic E-state index is 0.239. The third kappa shape index (κ3) is 5.28. The zero-order valence-electron chi connectivity index (χ0n) is 23.6. The van der Waals surface area contributed by atoms with Gasteiger partial charge in [0, 0.05) is 16.9 Å². The number of aliphatic hydroxyl groups is 1. The highest BCUT2D eigenvalue weighted by atomic mass is 79.9. The molecule has 9 heteroatoms. The molecule has 40 heavy (non-hydrogen) atoms. The molecule has 3 unspecified atom stereocenters. The molecule has 3 aliphatic rings. The summed E-state index contributed by atoms with van der Waals surface area (Å²) >= 11 is 3.70. The van der Waals surface area contributed by atoms with E-state index in [4.69, 9.17) is 9.47 Å². The molecular weight excluding hydrogens is 576 g/mol. The molecule has 1 aromatic rings. The fourth-order valence-corrected chi connectivity index (χ4v) is 7.55. The number of unbranched alkanes of at least 4 members (excludes halogenated alkanes) is 2. The fraction of sp³-hybridized carbons (Fsp3) is 0.581. The lowest BCUT2D eigenvalue weighted by molar-refractivity contribution is -0.157. The number of likely N-dealkylation sites (tertiary alicyclic amines) is 1. The maximum absolute atomic E-state index is 14.6. The van der Waals surface area contributed by atoms with Gasteiger partial charge in [-0.1, -0.05) is 58.4 Å². The van der Waals surface area contributed by atoms with Crippen LogP contribution >= 0.6 is 15.9 Å². The van der Waals surface area contributed by atoms with Crippen molar-refractivity contribution in [1.82, 2.24) is 9.80 Å². The Morgan fingerprint density at radius 2 is 1.95 bits per heavy atom. The number of ether oxygens (including phenoxy) is 2.